The number of rotatable bonds is 14. The summed E-state index contributed by atoms with van der Waals surface area (Å²) in [4.78, 5) is 55.2. The van der Waals surface area contributed by atoms with E-state index in [9.17, 15) is 27.6 Å². The van der Waals surface area contributed by atoms with Crippen LogP contribution in [0.1, 0.15) is 51.5 Å². The molecule has 0 spiro atoms. The average molecular weight is 568 g/mol. The highest BCUT2D eigenvalue weighted by Gasteiger charge is 2.29. The van der Waals surface area contributed by atoms with Crippen LogP contribution in [0.5, 0.6) is 0 Å². The summed E-state index contributed by atoms with van der Waals surface area (Å²) in [6, 6.07) is 1.95. The number of carbonyl (C=O) groups is 4. The van der Waals surface area contributed by atoms with Crippen molar-refractivity contribution in [1.82, 2.24) is 24.8 Å². The van der Waals surface area contributed by atoms with Gasteiger partial charge < -0.3 is 25.1 Å². The van der Waals surface area contributed by atoms with E-state index in [0.29, 0.717) is 38.5 Å². The number of alkyl carbamates (subject to hydrolysis) is 1. The van der Waals surface area contributed by atoms with Gasteiger partial charge in [-0.1, -0.05) is 13.8 Å². The van der Waals surface area contributed by atoms with Crippen molar-refractivity contribution in [2.75, 3.05) is 32.9 Å². The SMILES string of the molecule is CC(C)C[C@H](NC(=O)OC1CCN(S(C)(=O)=O)CC1)C(=O)N[C@H](C=O)CCC(=O)N(C)CCc1ccncc1. The van der Waals surface area contributed by atoms with Crippen molar-refractivity contribution in [1.29, 1.82) is 0 Å². The molecule has 0 radical (unpaired) electrons. The second-order valence-corrected chi connectivity index (χ2v) is 12.3. The average Bonchev–Trinajstić information content (AvgIpc) is 2.89. The maximum absolute atomic E-state index is 13.0. The van der Waals surface area contributed by atoms with Gasteiger partial charge >= 0.3 is 6.09 Å². The Morgan fingerprint density at radius 2 is 1.82 bits per heavy atom. The first-order valence-electron chi connectivity index (χ1n) is 13.2. The van der Waals surface area contributed by atoms with E-state index in [4.69, 9.17) is 4.74 Å². The molecule has 0 aromatic carbocycles. The number of aromatic nitrogens is 1. The fourth-order valence-corrected chi connectivity index (χ4v) is 5.08. The molecule has 2 heterocycles. The van der Waals surface area contributed by atoms with Crippen LogP contribution >= 0.6 is 0 Å². The Kier molecular flexibility index (Phi) is 12.8. The third kappa shape index (κ3) is 11.7. The molecule has 0 bridgehead atoms. The van der Waals surface area contributed by atoms with E-state index in [1.165, 1.54) is 4.31 Å². The number of nitrogens with zero attached hydrogens (tertiary/aromatic N) is 3. The first kappa shape index (κ1) is 32.2. The molecule has 3 amide bonds. The monoisotopic (exact) mass is 567 g/mol. The number of hydrogen-bond donors (Lipinski definition) is 2. The standard InChI is InChI=1S/C26H41N5O7S/c1-19(2)17-23(29-26(35)38-22-10-15-31(16-11-22)39(4,36)37)25(34)28-21(18-32)5-6-24(33)30(3)14-9-20-7-12-27-13-8-20/h7-8,12-13,18-19,21-23H,5-6,9-11,14-17H2,1-4H3,(H,28,34)(H,29,35)/t21-,23-/m0/s1. The summed E-state index contributed by atoms with van der Waals surface area (Å²) >= 11 is 0. The van der Waals surface area contributed by atoms with Gasteiger partial charge in [0.1, 0.15) is 18.4 Å². The molecule has 13 heteroatoms. The Morgan fingerprint density at radius 3 is 2.38 bits per heavy atom. The van der Waals surface area contributed by atoms with E-state index < -0.39 is 40.2 Å². The third-order valence-electron chi connectivity index (χ3n) is 6.53. The lowest BCUT2D eigenvalue weighted by molar-refractivity contribution is -0.131. The second-order valence-electron chi connectivity index (χ2n) is 10.3. The van der Waals surface area contributed by atoms with Crippen molar-refractivity contribution in [3.63, 3.8) is 0 Å². The van der Waals surface area contributed by atoms with Gasteiger partial charge in [-0.15, -0.1) is 0 Å². The topological polar surface area (TPSA) is 155 Å². The number of pyridine rings is 1. The van der Waals surface area contributed by atoms with Crippen LogP contribution in [0.4, 0.5) is 4.79 Å². The largest absolute Gasteiger partial charge is 0.446 e. The van der Waals surface area contributed by atoms with Crippen LogP contribution in [-0.4, -0.2) is 97.9 Å². The number of nitrogens with one attached hydrogen (secondary N) is 2. The predicted molar refractivity (Wildman–Crippen MR) is 145 cm³/mol. The number of carbonyl (C=O) groups excluding carboxylic acids is 4. The number of piperidine rings is 1. The predicted octanol–water partition coefficient (Wildman–Crippen LogP) is 1.11. The van der Waals surface area contributed by atoms with Crippen LogP contribution in [0.2, 0.25) is 0 Å². The Hall–Kier alpha value is -3.06. The Morgan fingerprint density at radius 1 is 1.18 bits per heavy atom. The summed E-state index contributed by atoms with van der Waals surface area (Å²) in [7, 11) is -1.60. The van der Waals surface area contributed by atoms with E-state index in [1.54, 1.807) is 24.3 Å². The van der Waals surface area contributed by atoms with Gasteiger partial charge in [0.15, 0.2) is 0 Å². The van der Waals surface area contributed by atoms with E-state index in [1.807, 2.05) is 26.0 Å². The van der Waals surface area contributed by atoms with Gasteiger partial charge in [-0.25, -0.2) is 17.5 Å². The lowest BCUT2D eigenvalue weighted by Crippen LogP contribution is -2.51. The molecule has 1 aromatic heterocycles. The van der Waals surface area contributed by atoms with Gasteiger partial charge in [0.25, 0.3) is 0 Å². The van der Waals surface area contributed by atoms with Gasteiger partial charge in [0.2, 0.25) is 21.8 Å². The first-order valence-corrected chi connectivity index (χ1v) is 15.0. The lowest BCUT2D eigenvalue weighted by Gasteiger charge is -2.30. The minimum Gasteiger partial charge on any atom is -0.446 e. The number of aldehydes is 1. The Labute approximate surface area is 230 Å². The fraction of sp³-hybridized carbons (Fsp3) is 0.654. The lowest BCUT2D eigenvalue weighted by atomic mass is 10.0. The molecule has 39 heavy (non-hydrogen) atoms. The van der Waals surface area contributed by atoms with Crippen molar-refractivity contribution >= 4 is 34.2 Å². The maximum Gasteiger partial charge on any atom is 0.408 e. The van der Waals surface area contributed by atoms with Gasteiger partial charge in [0.05, 0.1) is 12.3 Å². The molecule has 12 nitrogen and oxygen atoms in total. The number of sulfonamides is 1. The van der Waals surface area contributed by atoms with E-state index >= 15 is 0 Å². The minimum atomic E-state index is -3.30. The van der Waals surface area contributed by atoms with E-state index in [2.05, 4.69) is 15.6 Å². The number of amides is 3. The zero-order valence-corrected chi connectivity index (χ0v) is 24.0. The van der Waals surface area contributed by atoms with E-state index in [-0.39, 0.29) is 37.8 Å². The zero-order valence-electron chi connectivity index (χ0n) is 23.2. The molecule has 218 valence electrons. The van der Waals surface area contributed by atoms with Crippen LogP contribution in [0.15, 0.2) is 24.5 Å². The van der Waals surface area contributed by atoms with Crippen molar-refractivity contribution < 1.29 is 32.3 Å². The van der Waals surface area contributed by atoms with Crippen LogP contribution in [-0.2, 0) is 35.6 Å². The number of hydrogen-bond acceptors (Lipinski definition) is 8. The van der Waals surface area contributed by atoms with Gasteiger partial charge in [-0.05, 0) is 55.7 Å². The highest BCUT2D eigenvalue weighted by molar-refractivity contribution is 7.88. The number of likely N-dealkylation sites (N-methyl/N-ethyl adjacent to an activating group) is 1. The van der Waals surface area contributed by atoms with Gasteiger partial charge in [-0.3, -0.25) is 14.6 Å². The Balaban J connectivity index is 1.83. The summed E-state index contributed by atoms with van der Waals surface area (Å²) in [5.41, 5.74) is 1.06. The first-order chi connectivity index (χ1) is 18.4. The molecule has 1 saturated heterocycles. The summed E-state index contributed by atoms with van der Waals surface area (Å²) in [6.45, 7) is 4.81. The molecule has 0 saturated carbocycles. The molecule has 0 aliphatic carbocycles. The maximum atomic E-state index is 13.0. The highest BCUT2D eigenvalue weighted by Crippen LogP contribution is 2.16. The van der Waals surface area contributed by atoms with Crippen LogP contribution in [0.25, 0.3) is 0 Å². The van der Waals surface area contributed by atoms with Crippen molar-refractivity contribution in [3.8, 4) is 0 Å². The summed E-state index contributed by atoms with van der Waals surface area (Å²) < 4.78 is 30.1. The second kappa shape index (κ2) is 15.5. The zero-order chi connectivity index (χ0) is 29.0. The van der Waals surface area contributed by atoms with Crippen LogP contribution in [0.3, 0.4) is 0 Å². The smallest absolute Gasteiger partial charge is 0.408 e. The molecule has 1 aromatic rings. The molecular weight excluding hydrogens is 526 g/mol. The molecule has 2 N–H and O–H groups in total. The minimum absolute atomic E-state index is 0.0596. The Bertz CT molecular complexity index is 1060. The molecule has 1 aliphatic heterocycles. The molecule has 0 unspecified atom stereocenters. The summed E-state index contributed by atoms with van der Waals surface area (Å²) in [5, 5.41) is 5.21. The highest BCUT2D eigenvalue weighted by atomic mass is 32.2. The van der Waals surface area contributed by atoms with Gasteiger partial charge in [-0.2, -0.15) is 0 Å². The normalized spacial score (nSPS) is 16.2. The quantitative estimate of drug-likeness (QED) is 0.317. The summed E-state index contributed by atoms with van der Waals surface area (Å²) in [6.07, 6.45) is 5.79. The number of ether oxygens (including phenoxy) is 1. The molecule has 2 rings (SSSR count). The van der Waals surface area contributed by atoms with E-state index in [0.717, 1.165) is 11.8 Å². The molecule has 1 fully saturated rings. The molecule has 2 atom stereocenters. The molecule has 1 aliphatic rings. The van der Waals surface area contributed by atoms with Crippen molar-refractivity contribution in [3.05, 3.63) is 30.1 Å². The molecular formula is C26H41N5O7S. The summed E-state index contributed by atoms with van der Waals surface area (Å²) in [5.74, 6) is -0.625. The fourth-order valence-electron chi connectivity index (χ4n) is 4.21. The van der Waals surface area contributed by atoms with Crippen molar-refractivity contribution in [2.24, 2.45) is 5.92 Å². The van der Waals surface area contributed by atoms with Gasteiger partial charge in [0, 0.05) is 45.5 Å². The van der Waals surface area contributed by atoms with Crippen LogP contribution < -0.4 is 10.6 Å². The van der Waals surface area contributed by atoms with Crippen LogP contribution in [0, 0.1) is 5.92 Å². The van der Waals surface area contributed by atoms with Crippen molar-refractivity contribution in [2.45, 2.75) is 70.6 Å². The third-order valence-corrected chi connectivity index (χ3v) is 7.83.